The van der Waals surface area contributed by atoms with Crippen molar-refractivity contribution in [1.82, 2.24) is 0 Å². The van der Waals surface area contributed by atoms with E-state index in [0.717, 1.165) is 3.57 Å². The van der Waals surface area contributed by atoms with Crippen LogP contribution in [0.5, 0.6) is 11.5 Å². The van der Waals surface area contributed by atoms with Crippen LogP contribution >= 0.6 is 34.2 Å². The van der Waals surface area contributed by atoms with E-state index in [2.05, 4.69) is 22.6 Å². The first kappa shape index (κ1) is 13.7. The average molecular weight is 401 g/mol. The summed E-state index contributed by atoms with van der Waals surface area (Å²) in [5.41, 5.74) is 1.06. The van der Waals surface area contributed by atoms with Gasteiger partial charge in [-0.15, -0.1) is 0 Å². The predicted octanol–water partition coefficient (Wildman–Crippen LogP) is 3.95. The second-order valence-electron chi connectivity index (χ2n) is 4.28. The lowest BCUT2D eigenvalue weighted by Gasteiger charge is -2.19. The number of ketones is 1. The second-order valence-corrected chi connectivity index (χ2v) is 5.85. The van der Waals surface area contributed by atoms with E-state index < -0.39 is 0 Å². The molecule has 2 aromatic rings. The molecule has 0 fully saturated rings. The first-order chi connectivity index (χ1) is 9.66. The van der Waals surface area contributed by atoms with Crippen molar-refractivity contribution < 1.29 is 14.3 Å². The van der Waals surface area contributed by atoms with Gasteiger partial charge in [0.15, 0.2) is 17.3 Å². The molecular weight excluding hydrogens is 391 g/mol. The lowest BCUT2D eigenvalue weighted by Crippen LogP contribution is -2.16. The molecule has 1 aliphatic rings. The third-order valence-electron chi connectivity index (χ3n) is 2.99. The van der Waals surface area contributed by atoms with Crippen LogP contribution in [0.3, 0.4) is 0 Å². The maximum absolute atomic E-state index is 12.6. The summed E-state index contributed by atoms with van der Waals surface area (Å²) in [4.78, 5) is 12.6. The van der Waals surface area contributed by atoms with E-state index in [1.54, 1.807) is 18.2 Å². The van der Waals surface area contributed by atoms with Gasteiger partial charge >= 0.3 is 0 Å². The molecule has 0 saturated carbocycles. The van der Waals surface area contributed by atoms with E-state index in [9.17, 15) is 4.79 Å². The van der Waals surface area contributed by atoms with Crippen molar-refractivity contribution in [3.63, 3.8) is 0 Å². The Morgan fingerprint density at radius 3 is 2.40 bits per heavy atom. The fourth-order valence-corrected chi connectivity index (χ4v) is 2.90. The normalized spacial score (nSPS) is 13.1. The highest BCUT2D eigenvalue weighted by atomic mass is 127. The smallest absolute Gasteiger partial charge is 0.195 e. The number of fused-ring (bicyclic) bond motifs is 1. The van der Waals surface area contributed by atoms with Gasteiger partial charge in [-0.2, -0.15) is 0 Å². The van der Waals surface area contributed by atoms with Gasteiger partial charge in [0.05, 0.1) is 5.02 Å². The van der Waals surface area contributed by atoms with E-state index in [0.29, 0.717) is 40.9 Å². The van der Waals surface area contributed by atoms with Crippen LogP contribution in [0.1, 0.15) is 15.9 Å². The molecule has 0 unspecified atom stereocenters. The number of rotatable bonds is 2. The third-order valence-corrected chi connectivity index (χ3v) is 4.25. The molecule has 3 rings (SSSR count). The maximum Gasteiger partial charge on any atom is 0.195 e. The minimum absolute atomic E-state index is 0.114. The Morgan fingerprint density at radius 1 is 1.05 bits per heavy atom. The molecule has 2 aromatic carbocycles. The van der Waals surface area contributed by atoms with Gasteiger partial charge in [-0.05, 0) is 40.8 Å². The SMILES string of the molecule is O=C(c1cc2c(cc1Cl)OCCO2)c1ccccc1I. The molecule has 1 heterocycles. The van der Waals surface area contributed by atoms with Crippen molar-refractivity contribution >= 4 is 40.0 Å². The first-order valence-electron chi connectivity index (χ1n) is 6.05. The van der Waals surface area contributed by atoms with Crippen molar-refractivity contribution in [3.05, 3.63) is 56.1 Å². The Balaban J connectivity index is 2.06. The topological polar surface area (TPSA) is 35.5 Å². The van der Waals surface area contributed by atoms with Crippen LogP contribution in [0.25, 0.3) is 0 Å². The zero-order chi connectivity index (χ0) is 14.1. The summed E-state index contributed by atoms with van der Waals surface area (Å²) in [5.74, 6) is 1.03. The van der Waals surface area contributed by atoms with Gasteiger partial charge in [0.25, 0.3) is 0 Å². The molecule has 0 aromatic heterocycles. The minimum atomic E-state index is -0.114. The van der Waals surface area contributed by atoms with Gasteiger partial charge in [-0.1, -0.05) is 23.7 Å². The van der Waals surface area contributed by atoms with Crippen LogP contribution in [0.2, 0.25) is 5.02 Å². The van der Waals surface area contributed by atoms with E-state index in [-0.39, 0.29) is 5.78 Å². The lowest BCUT2D eigenvalue weighted by molar-refractivity contribution is 0.103. The number of carbonyl (C=O) groups is 1. The average Bonchev–Trinajstić information content (AvgIpc) is 2.46. The van der Waals surface area contributed by atoms with Crippen LogP contribution in [-0.4, -0.2) is 19.0 Å². The fraction of sp³-hybridized carbons (Fsp3) is 0.133. The lowest BCUT2D eigenvalue weighted by atomic mass is 10.0. The molecule has 0 saturated heterocycles. The van der Waals surface area contributed by atoms with Crippen LogP contribution in [0.4, 0.5) is 0 Å². The molecule has 20 heavy (non-hydrogen) atoms. The number of carbonyl (C=O) groups excluding carboxylic acids is 1. The van der Waals surface area contributed by atoms with Gasteiger partial charge in [-0.3, -0.25) is 4.79 Å². The molecule has 0 N–H and O–H groups in total. The number of hydrogen-bond donors (Lipinski definition) is 0. The summed E-state index contributed by atoms with van der Waals surface area (Å²) in [5, 5.41) is 0.374. The van der Waals surface area contributed by atoms with Gasteiger partial charge in [0.1, 0.15) is 13.2 Å². The zero-order valence-electron chi connectivity index (χ0n) is 10.4. The number of benzene rings is 2. The molecule has 3 nitrogen and oxygen atoms in total. The summed E-state index contributed by atoms with van der Waals surface area (Å²) < 4.78 is 11.8. The molecule has 1 aliphatic heterocycles. The largest absolute Gasteiger partial charge is 0.486 e. The summed E-state index contributed by atoms with van der Waals surface area (Å²) in [6, 6.07) is 10.7. The Kier molecular flexibility index (Phi) is 3.85. The molecule has 0 spiro atoms. The van der Waals surface area contributed by atoms with Crippen molar-refractivity contribution in [2.24, 2.45) is 0 Å². The maximum atomic E-state index is 12.6. The van der Waals surface area contributed by atoms with Crippen LogP contribution in [0, 0.1) is 3.57 Å². The second kappa shape index (κ2) is 5.61. The molecule has 0 radical (unpaired) electrons. The zero-order valence-corrected chi connectivity index (χ0v) is 13.3. The van der Waals surface area contributed by atoms with Gasteiger partial charge < -0.3 is 9.47 Å². The minimum Gasteiger partial charge on any atom is -0.486 e. The molecular formula is C15H10ClIO3. The Hall–Kier alpha value is -1.27. The Bertz CT molecular complexity index is 685. The van der Waals surface area contributed by atoms with Gasteiger partial charge in [0.2, 0.25) is 0 Å². The van der Waals surface area contributed by atoms with E-state index >= 15 is 0 Å². The quantitative estimate of drug-likeness (QED) is 0.566. The molecule has 0 bridgehead atoms. The highest BCUT2D eigenvalue weighted by molar-refractivity contribution is 14.1. The molecule has 0 aliphatic carbocycles. The summed E-state index contributed by atoms with van der Waals surface area (Å²) >= 11 is 8.34. The van der Waals surface area contributed by atoms with Crippen molar-refractivity contribution in [1.29, 1.82) is 0 Å². The van der Waals surface area contributed by atoms with Gasteiger partial charge in [0, 0.05) is 20.8 Å². The highest BCUT2D eigenvalue weighted by Crippen LogP contribution is 2.36. The number of halogens is 2. The predicted molar refractivity (Wildman–Crippen MR) is 85.0 cm³/mol. The van der Waals surface area contributed by atoms with Gasteiger partial charge in [-0.25, -0.2) is 0 Å². The molecule has 102 valence electrons. The molecule has 0 atom stereocenters. The third kappa shape index (κ3) is 2.50. The monoisotopic (exact) mass is 400 g/mol. The Labute approximate surface area is 135 Å². The van der Waals surface area contributed by atoms with Crippen LogP contribution in [-0.2, 0) is 0 Å². The summed E-state index contributed by atoms with van der Waals surface area (Å²) in [7, 11) is 0. The number of ether oxygens (including phenoxy) is 2. The van der Waals surface area contributed by atoms with Crippen molar-refractivity contribution in [2.75, 3.05) is 13.2 Å². The van der Waals surface area contributed by atoms with Crippen molar-refractivity contribution in [2.45, 2.75) is 0 Å². The van der Waals surface area contributed by atoms with E-state index in [1.165, 1.54) is 0 Å². The first-order valence-corrected chi connectivity index (χ1v) is 7.51. The van der Waals surface area contributed by atoms with E-state index in [1.807, 2.05) is 18.2 Å². The Morgan fingerprint density at radius 2 is 1.70 bits per heavy atom. The number of hydrogen-bond acceptors (Lipinski definition) is 3. The van der Waals surface area contributed by atoms with Crippen molar-refractivity contribution in [3.8, 4) is 11.5 Å². The van der Waals surface area contributed by atoms with Crippen LogP contribution < -0.4 is 9.47 Å². The summed E-state index contributed by atoms with van der Waals surface area (Å²) in [6.07, 6.45) is 0. The molecule has 0 amide bonds. The fourth-order valence-electron chi connectivity index (χ4n) is 2.03. The van der Waals surface area contributed by atoms with E-state index in [4.69, 9.17) is 21.1 Å². The summed E-state index contributed by atoms with van der Waals surface area (Å²) in [6.45, 7) is 0.971. The molecule has 5 heteroatoms. The van der Waals surface area contributed by atoms with Crippen LogP contribution in [0.15, 0.2) is 36.4 Å². The standard InChI is InChI=1S/C15H10ClIO3/c16-11-8-14-13(19-5-6-20-14)7-10(11)15(18)9-3-1-2-4-12(9)17/h1-4,7-8H,5-6H2. The highest BCUT2D eigenvalue weighted by Gasteiger charge is 2.21.